The molecule has 0 unspecified atom stereocenters. The van der Waals surface area contributed by atoms with E-state index < -0.39 is 0 Å². The highest BCUT2D eigenvalue weighted by molar-refractivity contribution is 6.33. The molecule has 0 bridgehead atoms. The van der Waals surface area contributed by atoms with E-state index in [1.165, 1.54) is 4.68 Å². The maximum Gasteiger partial charge on any atom is 0.200 e. The van der Waals surface area contributed by atoms with E-state index in [2.05, 4.69) is 20.7 Å². The van der Waals surface area contributed by atoms with Crippen LogP contribution in [0.25, 0.3) is 17.2 Å². The lowest BCUT2D eigenvalue weighted by molar-refractivity contribution is 0.393. The van der Waals surface area contributed by atoms with Crippen LogP contribution in [0.15, 0.2) is 34.9 Å². The minimum absolute atomic E-state index is 0.521. The number of tetrazole rings is 1. The van der Waals surface area contributed by atoms with Gasteiger partial charge in [0, 0.05) is 11.6 Å². The van der Waals surface area contributed by atoms with Crippen molar-refractivity contribution in [1.29, 1.82) is 0 Å². The van der Waals surface area contributed by atoms with Gasteiger partial charge in [0.15, 0.2) is 5.82 Å². The van der Waals surface area contributed by atoms with E-state index in [0.717, 1.165) is 5.56 Å². The van der Waals surface area contributed by atoms with Crippen LogP contribution in [0.4, 0.5) is 0 Å². The fourth-order valence-corrected chi connectivity index (χ4v) is 1.83. The molecular weight excluding hydrogens is 254 g/mol. The number of hydrogen-bond donors (Lipinski definition) is 0. The van der Waals surface area contributed by atoms with E-state index in [0.29, 0.717) is 22.4 Å². The summed E-state index contributed by atoms with van der Waals surface area (Å²) >= 11 is 6.13. The molecule has 0 N–H and O–H groups in total. The summed E-state index contributed by atoms with van der Waals surface area (Å²) in [5.41, 5.74) is 0.741. The van der Waals surface area contributed by atoms with Gasteiger partial charge in [-0.25, -0.2) is 0 Å². The van der Waals surface area contributed by atoms with E-state index in [-0.39, 0.29) is 0 Å². The summed E-state index contributed by atoms with van der Waals surface area (Å²) in [4.78, 5) is 0. The van der Waals surface area contributed by atoms with Crippen molar-refractivity contribution in [3.8, 4) is 17.2 Å². The molecule has 6 nitrogen and oxygen atoms in total. The lowest BCUT2D eigenvalue weighted by Crippen LogP contribution is -2.00. The van der Waals surface area contributed by atoms with Crippen molar-refractivity contribution in [3.05, 3.63) is 41.1 Å². The maximum atomic E-state index is 6.13. The predicted molar refractivity (Wildman–Crippen MR) is 64.4 cm³/mol. The molecule has 7 heteroatoms. The normalized spacial score (nSPS) is 10.8. The van der Waals surface area contributed by atoms with Crippen LogP contribution >= 0.6 is 11.6 Å². The van der Waals surface area contributed by atoms with Gasteiger partial charge in [0.2, 0.25) is 5.82 Å². The number of aromatic nitrogens is 5. The summed E-state index contributed by atoms with van der Waals surface area (Å²) in [6, 6.07) is 9.09. The summed E-state index contributed by atoms with van der Waals surface area (Å²) in [5.74, 6) is 1.73. The highest BCUT2D eigenvalue weighted by atomic mass is 35.5. The maximum absolute atomic E-state index is 6.13. The Labute approximate surface area is 107 Å². The molecule has 0 saturated heterocycles. The Kier molecular flexibility index (Phi) is 2.56. The molecule has 2 aromatic heterocycles. The van der Waals surface area contributed by atoms with Crippen LogP contribution in [0.3, 0.4) is 0 Å². The minimum Gasteiger partial charge on any atom is -0.359 e. The zero-order valence-electron chi connectivity index (χ0n) is 9.41. The van der Waals surface area contributed by atoms with Gasteiger partial charge in [-0.3, -0.25) is 0 Å². The van der Waals surface area contributed by atoms with Gasteiger partial charge in [-0.15, -0.1) is 5.10 Å². The molecule has 0 spiro atoms. The van der Waals surface area contributed by atoms with Gasteiger partial charge in [-0.1, -0.05) is 28.9 Å². The quantitative estimate of drug-likeness (QED) is 0.708. The summed E-state index contributed by atoms with van der Waals surface area (Å²) in [6.45, 7) is 1.80. The Bertz CT molecular complexity index is 690. The fraction of sp³-hybridized carbons (Fsp3) is 0.0909. The van der Waals surface area contributed by atoms with Crippen LogP contribution in [0.2, 0.25) is 5.02 Å². The molecule has 3 rings (SSSR count). The largest absolute Gasteiger partial charge is 0.359 e. The molecule has 0 fully saturated rings. The van der Waals surface area contributed by atoms with Crippen molar-refractivity contribution in [2.24, 2.45) is 0 Å². The van der Waals surface area contributed by atoms with Crippen molar-refractivity contribution < 1.29 is 4.52 Å². The standard InChI is InChI=1S/C11H8ClN5O/c1-7-6-10(14-18-7)17-11(13-15-16-17)8-4-2-3-5-9(8)12/h2-6H,1H3. The number of hydrogen-bond acceptors (Lipinski definition) is 5. The molecule has 0 aliphatic heterocycles. The van der Waals surface area contributed by atoms with Crippen LogP contribution in [0, 0.1) is 6.92 Å². The first kappa shape index (κ1) is 10.9. The molecule has 0 amide bonds. The highest BCUT2D eigenvalue weighted by Crippen LogP contribution is 2.26. The first-order valence-corrected chi connectivity index (χ1v) is 5.60. The predicted octanol–water partition coefficient (Wildman–Crippen LogP) is 2.28. The Morgan fingerprint density at radius 1 is 1.28 bits per heavy atom. The SMILES string of the molecule is Cc1cc(-n2nnnc2-c2ccccc2Cl)no1. The third kappa shape index (κ3) is 1.76. The molecule has 1 aromatic carbocycles. The number of aryl methyl sites for hydroxylation is 1. The average Bonchev–Trinajstić information content (AvgIpc) is 2.98. The number of rotatable bonds is 2. The summed E-state index contributed by atoms with van der Waals surface area (Å²) in [5, 5.41) is 16.0. The zero-order valence-corrected chi connectivity index (χ0v) is 10.2. The van der Waals surface area contributed by atoms with Crippen LogP contribution in [-0.2, 0) is 0 Å². The third-order valence-electron chi connectivity index (χ3n) is 2.42. The van der Waals surface area contributed by atoms with Gasteiger partial charge >= 0.3 is 0 Å². The van der Waals surface area contributed by atoms with Gasteiger partial charge in [0.05, 0.1) is 5.02 Å². The van der Waals surface area contributed by atoms with Crippen molar-refractivity contribution >= 4 is 11.6 Å². The van der Waals surface area contributed by atoms with E-state index in [9.17, 15) is 0 Å². The Morgan fingerprint density at radius 3 is 2.83 bits per heavy atom. The molecule has 90 valence electrons. The lowest BCUT2D eigenvalue weighted by atomic mass is 10.2. The Hall–Kier alpha value is -2.21. The van der Waals surface area contributed by atoms with E-state index >= 15 is 0 Å². The average molecular weight is 262 g/mol. The van der Waals surface area contributed by atoms with Crippen molar-refractivity contribution in [1.82, 2.24) is 25.4 Å². The monoisotopic (exact) mass is 261 g/mol. The van der Waals surface area contributed by atoms with Gasteiger partial charge in [0.1, 0.15) is 5.76 Å². The minimum atomic E-state index is 0.521. The van der Waals surface area contributed by atoms with Crippen molar-refractivity contribution in [2.45, 2.75) is 6.92 Å². The smallest absolute Gasteiger partial charge is 0.200 e. The van der Waals surface area contributed by atoms with E-state index in [1.807, 2.05) is 18.2 Å². The second-order valence-corrected chi connectivity index (χ2v) is 4.10. The third-order valence-corrected chi connectivity index (χ3v) is 2.75. The molecule has 0 radical (unpaired) electrons. The molecule has 3 aromatic rings. The highest BCUT2D eigenvalue weighted by Gasteiger charge is 2.15. The molecule has 0 atom stereocenters. The van der Waals surface area contributed by atoms with Crippen LogP contribution in [0.1, 0.15) is 5.76 Å². The summed E-state index contributed by atoms with van der Waals surface area (Å²) in [6.07, 6.45) is 0. The Balaban J connectivity index is 2.15. The molecular formula is C11H8ClN5O. The molecule has 0 aliphatic carbocycles. The molecule has 0 saturated carbocycles. The van der Waals surface area contributed by atoms with Gasteiger partial charge < -0.3 is 4.52 Å². The topological polar surface area (TPSA) is 69.6 Å². The second kappa shape index (κ2) is 4.23. The molecule has 2 heterocycles. The number of halogens is 1. The van der Waals surface area contributed by atoms with E-state index in [1.54, 1.807) is 19.1 Å². The van der Waals surface area contributed by atoms with Crippen LogP contribution in [-0.4, -0.2) is 25.4 Å². The van der Waals surface area contributed by atoms with Gasteiger partial charge in [0.25, 0.3) is 0 Å². The Morgan fingerprint density at radius 2 is 2.11 bits per heavy atom. The van der Waals surface area contributed by atoms with Gasteiger partial charge in [-0.2, -0.15) is 4.68 Å². The first-order chi connectivity index (χ1) is 8.75. The van der Waals surface area contributed by atoms with Crippen molar-refractivity contribution in [3.63, 3.8) is 0 Å². The first-order valence-electron chi connectivity index (χ1n) is 5.22. The van der Waals surface area contributed by atoms with E-state index in [4.69, 9.17) is 16.1 Å². The van der Waals surface area contributed by atoms with Gasteiger partial charge in [-0.05, 0) is 29.5 Å². The fourth-order valence-electron chi connectivity index (χ4n) is 1.60. The number of benzene rings is 1. The number of nitrogens with zero attached hydrogens (tertiary/aromatic N) is 5. The second-order valence-electron chi connectivity index (χ2n) is 3.69. The van der Waals surface area contributed by atoms with Crippen LogP contribution < -0.4 is 0 Å². The summed E-state index contributed by atoms with van der Waals surface area (Å²) in [7, 11) is 0. The molecule has 18 heavy (non-hydrogen) atoms. The molecule has 0 aliphatic rings. The lowest BCUT2D eigenvalue weighted by Gasteiger charge is -2.02. The van der Waals surface area contributed by atoms with Crippen molar-refractivity contribution in [2.75, 3.05) is 0 Å². The van der Waals surface area contributed by atoms with Crippen LogP contribution in [0.5, 0.6) is 0 Å². The zero-order chi connectivity index (χ0) is 12.5. The summed E-state index contributed by atoms with van der Waals surface area (Å²) < 4.78 is 6.49.